The Balaban J connectivity index is 4.28. The lowest BCUT2D eigenvalue weighted by molar-refractivity contribution is -0.146. The van der Waals surface area contributed by atoms with Crippen molar-refractivity contribution in [2.75, 3.05) is 13.1 Å². The van der Waals surface area contributed by atoms with Crippen molar-refractivity contribution >= 4 is 23.9 Å². The molecule has 0 heterocycles. The molecule has 0 bridgehead atoms. The van der Waals surface area contributed by atoms with Gasteiger partial charge in [0.05, 0.1) is 12.8 Å². The first-order valence-corrected chi connectivity index (χ1v) is 6.49. The maximum atomic E-state index is 10.8. The maximum absolute atomic E-state index is 10.8. The van der Waals surface area contributed by atoms with Crippen LogP contribution in [0.25, 0.3) is 0 Å². The van der Waals surface area contributed by atoms with Crippen LogP contribution in [0.4, 0.5) is 0 Å². The molecule has 6 N–H and O–H groups in total. The highest BCUT2D eigenvalue weighted by molar-refractivity contribution is 5.81. The van der Waals surface area contributed by atoms with Gasteiger partial charge in [-0.25, -0.2) is 0 Å². The van der Waals surface area contributed by atoms with Crippen molar-refractivity contribution in [1.82, 2.24) is 10.6 Å². The minimum atomic E-state index is -1.29. The summed E-state index contributed by atoms with van der Waals surface area (Å²) in [5.74, 6) is -5.32. The molecule has 0 saturated heterocycles. The van der Waals surface area contributed by atoms with Gasteiger partial charge in [-0.15, -0.1) is 0 Å². The van der Waals surface area contributed by atoms with Crippen molar-refractivity contribution in [3.63, 3.8) is 0 Å². The fourth-order valence-corrected chi connectivity index (χ4v) is 1.60. The van der Waals surface area contributed by atoms with Crippen molar-refractivity contribution in [3.05, 3.63) is 0 Å². The molecule has 0 aliphatic heterocycles. The molecule has 0 unspecified atom stereocenters. The SMILES string of the molecule is CC(CN[C@@H](CC(=O)O)C(=O)O)CN[C@@H](CC(=O)O)C(=O)O. The van der Waals surface area contributed by atoms with E-state index >= 15 is 0 Å². The molecule has 0 aromatic carbocycles. The van der Waals surface area contributed by atoms with Gasteiger partial charge in [-0.2, -0.15) is 0 Å². The number of carboxylic acids is 4. The normalized spacial score (nSPS) is 13.5. The Morgan fingerprint density at radius 3 is 1.32 bits per heavy atom. The van der Waals surface area contributed by atoms with Gasteiger partial charge in [-0.05, 0) is 19.0 Å². The van der Waals surface area contributed by atoms with Crippen LogP contribution in [-0.4, -0.2) is 69.5 Å². The molecule has 0 amide bonds. The summed E-state index contributed by atoms with van der Waals surface area (Å²) < 4.78 is 0. The van der Waals surface area contributed by atoms with E-state index in [0.717, 1.165) is 0 Å². The van der Waals surface area contributed by atoms with Gasteiger partial charge < -0.3 is 31.1 Å². The van der Waals surface area contributed by atoms with E-state index in [1.807, 2.05) is 0 Å². The Labute approximate surface area is 126 Å². The molecule has 0 aromatic rings. The summed E-state index contributed by atoms with van der Waals surface area (Å²) in [7, 11) is 0. The van der Waals surface area contributed by atoms with E-state index in [2.05, 4.69) is 10.6 Å². The second-order valence-electron chi connectivity index (χ2n) is 4.90. The second kappa shape index (κ2) is 9.68. The first-order valence-electron chi connectivity index (χ1n) is 6.49. The molecule has 126 valence electrons. The molecule has 10 nitrogen and oxygen atoms in total. The number of carbonyl (C=O) groups is 4. The van der Waals surface area contributed by atoms with Crippen LogP contribution < -0.4 is 10.6 Å². The van der Waals surface area contributed by atoms with Gasteiger partial charge in [0, 0.05) is 0 Å². The van der Waals surface area contributed by atoms with Gasteiger partial charge in [-0.3, -0.25) is 19.2 Å². The first-order chi connectivity index (χ1) is 10.1. The van der Waals surface area contributed by atoms with Gasteiger partial charge in [0.15, 0.2) is 0 Å². The quantitative estimate of drug-likeness (QED) is 0.252. The van der Waals surface area contributed by atoms with Crippen molar-refractivity contribution in [1.29, 1.82) is 0 Å². The van der Waals surface area contributed by atoms with Gasteiger partial charge in [-0.1, -0.05) is 6.92 Å². The lowest BCUT2D eigenvalue weighted by Crippen LogP contribution is -2.45. The van der Waals surface area contributed by atoms with Crippen molar-refractivity contribution in [2.45, 2.75) is 31.8 Å². The van der Waals surface area contributed by atoms with Crippen molar-refractivity contribution < 1.29 is 39.6 Å². The number of rotatable bonds is 12. The molecule has 0 radical (unpaired) electrons. The van der Waals surface area contributed by atoms with E-state index in [9.17, 15) is 19.2 Å². The lowest BCUT2D eigenvalue weighted by atomic mass is 10.1. The Morgan fingerprint density at radius 2 is 1.09 bits per heavy atom. The van der Waals surface area contributed by atoms with Crippen molar-refractivity contribution in [3.8, 4) is 0 Å². The average Bonchev–Trinajstić information content (AvgIpc) is 2.37. The van der Waals surface area contributed by atoms with Crippen LogP contribution in [0.15, 0.2) is 0 Å². The maximum Gasteiger partial charge on any atom is 0.321 e. The summed E-state index contributed by atoms with van der Waals surface area (Å²) >= 11 is 0. The minimum absolute atomic E-state index is 0.136. The number of aliphatic carboxylic acids is 4. The predicted octanol–water partition coefficient (Wildman–Crippen LogP) is -1.34. The molecule has 0 aliphatic carbocycles. The molecule has 0 aromatic heterocycles. The molecule has 0 spiro atoms. The summed E-state index contributed by atoms with van der Waals surface area (Å²) in [6, 6.07) is -2.48. The van der Waals surface area contributed by atoms with E-state index in [1.54, 1.807) is 6.92 Å². The predicted molar refractivity (Wildman–Crippen MR) is 72.5 cm³/mol. The minimum Gasteiger partial charge on any atom is -0.481 e. The molecule has 2 atom stereocenters. The fourth-order valence-electron chi connectivity index (χ4n) is 1.60. The summed E-state index contributed by atoms with van der Waals surface area (Å²) in [5, 5.41) is 40.0. The van der Waals surface area contributed by atoms with Gasteiger partial charge in [0.1, 0.15) is 12.1 Å². The highest BCUT2D eigenvalue weighted by Crippen LogP contribution is 1.99. The molecule has 22 heavy (non-hydrogen) atoms. The van der Waals surface area contributed by atoms with Crippen LogP contribution in [-0.2, 0) is 19.2 Å². The van der Waals surface area contributed by atoms with Crippen LogP contribution in [0.5, 0.6) is 0 Å². The largest absolute Gasteiger partial charge is 0.481 e. The molecule has 0 fully saturated rings. The highest BCUT2D eigenvalue weighted by atomic mass is 16.4. The second-order valence-corrected chi connectivity index (χ2v) is 4.90. The smallest absolute Gasteiger partial charge is 0.321 e. The van der Waals surface area contributed by atoms with Crippen LogP contribution in [0.3, 0.4) is 0 Å². The zero-order valence-corrected chi connectivity index (χ0v) is 12.0. The summed E-state index contributed by atoms with van der Waals surface area (Å²) in [4.78, 5) is 42.7. The Morgan fingerprint density at radius 1 is 0.773 bits per heavy atom. The Bertz CT molecular complexity index is 387. The number of carboxylic acid groups (broad SMARTS) is 4. The van der Waals surface area contributed by atoms with E-state index in [-0.39, 0.29) is 19.0 Å². The molecule has 10 heteroatoms. The van der Waals surface area contributed by atoms with Crippen molar-refractivity contribution in [2.24, 2.45) is 5.92 Å². The van der Waals surface area contributed by atoms with E-state index in [1.165, 1.54) is 0 Å². The average molecular weight is 320 g/mol. The van der Waals surface area contributed by atoms with Crippen LogP contribution >= 0.6 is 0 Å². The molecular weight excluding hydrogens is 300 g/mol. The monoisotopic (exact) mass is 320 g/mol. The lowest BCUT2D eigenvalue weighted by Gasteiger charge is -2.19. The van der Waals surface area contributed by atoms with E-state index in [0.29, 0.717) is 0 Å². The number of hydrogen-bond donors (Lipinski definition) is 6. The zero-order valence-electron chi connectivity index (χ0n) is 12.0. The highest BCUT2D eigenvalue weighted by Gasteiger charge is 2.23. The van der Waals surface area contributed by atoms with Gasteiger partial charge >= 0.3 is 23.9 Å². The van der Waals surface area contributed by atoms with E-state index < -0.39 is 48.8 Å². The standard InChI is InChI=1S/C12H20N2O8/c1-6(4-13-7(11(19)20)2-9(15)16)5-14-8(12(21)22)3-10(17)18/h6-8,13-14H,2-5H2,1H3,(H,15,16)(H,17,18)(H,19,20)(H,21,22)/t7-,8-/m0/s1. The molecule has 0 rings (SSSR count). The van der Waals surface area contributed by atoms with Crippen LogP contribution in [0.2, 0.25) is 0 Å². The van der Waals surface area contributed by atoms with Gasteiger partial charge in [0.25, 0.3) is 0 Å². The molecule has 0 saturated carbocycles. The number of hydrogen-bond acceptors (Lipinski definition) is 6. The summed E-state index contributed by atoms with van der Waals surface area (Å²) in [6.45, 7) is 1.95. The third kappa shape index (κ3) is 8.87. The topological polar surface area (TPSA) is 173 Å². The van der Waals surface area contributed by atoms with Gasteiger partial charge in [0.2, 0.25) is 0 Å². The summed E-state index contributed by atoms with van der Waals surface area (Å²) in [5.41, 5.74) is 0. The summed E-state index contributed by atoms with van der Waals surface area (Å²) in [6.07, 6.45) is -1.15. The zero-order chi connectivity index (χ0) is 17.3. The number of nitrogens with one attached hydrogen (secondary N) is 2. The molecular formula is C12H20N2O8. The third-order valence-electron chi connectivity index (χ3n) is 2.78. The fraction of sp³-hybridized carbons (Fsp3) is 0.667. The Kier molecular flexibility index (Phi) is 8.72. The van der Waals surface area contributed by atoms with Crippen LogP contribution in [0.1, 0.15) is 19.8 Å². The molecule has 0 aliphatic rings. The third-order valence-corrected chi connectivity index (χ3v) is 2.78. The first kappa shape index (κ1) is 19.8. The van der Waals surface area contributed by atoms with Crippen LogP contribution in [0, 0.1) is 5.92 Å². The Hall–Kier alpha value is -2.20. The van der Waals surface area contributed by atoms with E-state index in [4.69, 9.17) is 20.4 Å².